The molecule has 0 spiro atoms. The number of nitrogens with zero attached hydrogens (tertiary/aromatic N) is 1. The molecule has 2 aromatic carbocycles. The number of hydrogen-bond donors (Lipinski definition) is 1. The monoisotopic (exact) mass is 280 g/mol. The summed E-state index contributed by atoms with van der Waals surface area (Å²) in [5, 5.41) is 0. The Labute approximate surface area is 124 Å². The maximum absolute atomic E-state index is 6.19. The zero-order valence-electron chi connectivity index (χ0n) is 12.0. The van der Waals surface area contributed by atoms with E-state index in [2.05, 4.69) is 29.2 Å². The van der Waals surface area contributed by atoms with Crippen molar-refractivity contribution in [3.63, 3.8) is 0 Å². The van der Waals surface area contributed by atoms with Gasteiger partial charge in [0, 0.05) is 12.5 Å². The molecule has 0 saturated carbocycles. The summed E-state index contributed by atoms with van der Waals surface area (Å²) in [5.41, 5.74) is 9.30. The molecule has 0 fully saturated rings. The lowest BCUT2D eigenvalue weighted by Crippen LogP contribution is -2.23. The summed E-state index contributed by atoms with van der Waals surface area (Å²) in [6.07, 6.45) is 3.84. The fourth-order valence-corrected chi connectivity index (χ4v) is 2.55. The molecule has 0 aliphatic carbocycles. The van der Waals surface area contributed by atoms with Gasteiger partial charge >= 0.3 is 0 Å². The van der Waals surface area contributed by atoms with Crippen LogP contribution in [0.15, 0.2) is 59.0 Å². The van der Waals surface area contributed by atoms with Crippen LogP contribution in [-0.2, 0) is 12.8 Å². The van der Waals surface area contributed by atoms with Gasteiger partial charge in [0.2, 0.25) is 0 Å². The number of aromatic nitrogens is 1. The molecule has 1 unspecified atom stereocenters. The van der Waals surface area contributed by atoms with Crippen LogP contribution >= 0.6 is 0 Å². The molecule has 1 aromatic heterocycles. The Morgan fingerprint density at radius 1 is 1.00 bits per heavy atom. The van der Waals surface area contributed by atoms with Crippen LogP contribution < -0.4 is 5.73 Å². The van der Waals surface area contributed by atoms with Gasteiger partial charge < -0.3 is 10.2 Å². The highest BCUT2D eigenvalue weighted by Crippen LogP contribution is 2.16. The van der Waals surface area contributed by atoms with Crippen LogP contribution in [0.5, 0.6) is 0 Å². The largest absolute Gasteiger partial charge is 0.441 e. The Hall–Kier alpha value is -2.13. The first-order valence-corrected chi connectivity index (χ1v) is 7.45. The average Bonchev–Trinajstić information content (AvgIpc) is 2.90. The van der Waals surface area contributed by atoms with E-state index in [1.807, 2.05) is 30.3 Å². The Morgan fingerprint density at radius 3 is 2.57 bits per heavy atom. The minimum atomic E-state index is 0.0989. The normalized spacial score (nSPS) is 12.6. The Kier molecular flexibility index (Phi) is 4.31. The van der Waals surface area contributed by atoms with Gasteiger partial charge in [-0.15, -0.1) is 0 Å². The fourth-order valence-electron chi connectivity index (χ4n) is 2.55. The molecule has 3 heteroatoms. The molecule has 108 valence electrons. The van der Waals surface area contributed by atoms with Crippen molar-refractivity contribution >= 4 is 11.1 Å². The standard InChI is InChI=1S/C18H20N2O/c19-15(10-6-9-14-7-2-1-3-8-14)13-18-20-16-11-4-5-12-17(16)21-18/h1-5,7-8,11-12,15H,6,9-10,13,19H2. The highest BCUT2D eigenvalue weighted by atomic mass is 16.3. The van der Waals surface area contributed by atoms with E-state index in [-0.39, 0.29) is 6.04 Å². The third kappa shape index (κ3) is 3.70. The van der Waals surface area contributed by atoms with Gasteiger partial charge in [-0.25, -0.2) is 4.98 Å². The van der Waals surface area contributed by atoms with Crippen LogP contribution in [-0.4, -0.2) is 11.0 Å². The minimum absolute atomic E-state index is 0.0989. The van der Waals surface area contributed by atoms with Gasteiger partial charge in [0.05, 0.1) is 0 Å². The molecule has 3 nitrogen and oxygen atoms in total. The maximum atomic E-state index is 6.19. The Morgan fingerprint density at radius 2 is 1.76 bits per heavy atom. The second-order valence-electron chi connectivity index (χ2n) is 5.42. The summed E-state index contributed by atoms with van der Waals surface area (Å²) in [6, 6.07) is 18.4. The lowest BCUT2D eigenvalue weighted by molar-refractivity contribution is 0.477. The van der Waals surface area contributed by atoms with Gasteiger partial charge in [-0.05, 0) is 37.0 Å². The molecule has 0 aliphatic rings. The van der Waals surface area contributed by atoms with Crippen LogP contribution in [0, 0.1) is 0 Å². The maximum Gasteiger partial charge on any atom is 0.197 e. The Bertz CT molecular complexity index is 658. The van der Waals surface area contributed by atoms with Crippen LogP contribution in [0.25, 0.3) is 11.1 Å². The van der Waals surface area contributed by atoms with Crippen LogP contribution in [0.1, 0.15) is 24.3 Å². The lowest BCUT2D eigenvalue weighted by atomic mass is 10.0. The molecule has 1 atom stereocenters. The van der Waals surface area contributed by atoms with Crippen LogP contribution in [0.2, 0.25) is 0 Å². The molecule has 21 heavy (non-hydrogen) atoms. The fraction of sp³-hybridized carbons (Fsp3) is 0.278. The quantitative estimate of drug-likeness (QED) is 0.748. The van der Waals surface area contributed by atoms with E-state index < -0.39 is 0 Å². The lowest BCUT2D eigenvalue weighted by Gasteiger charge is -2.08. The summed E-state index contributed by atoms with van der Waals surface area (Å²) < 4.78 is 5.71. The van der Waals surface area contributed by atoms with Crippen molar-refractivity contribution in [2.24, 2.45) is 5.73 Å². The van der Waals surface area contributed by atoms with Crippen molar-refractivity contribution in [3.05, 3.63) is 66.1 Å². The van der Waals surface area contributed by atoms with E-state index in [4.69, 9.17) is 10.2 Å². The summed E-state index contributed by atoms with van der Waals surface area (Å²) >= 11 is 0. The molecule has 0 saturated heterocycles. The first-order valence-electron chi connectivity index (χ1n) is 7.45. The van der Waals surface area contributed by atoms with Crippen molar-refractivity contribution < 1.29 is 4.42 Å². The van der Waals surface area contributed by atoms with Gasteiger partial charge in [-0.1, -0.05) is 42.5 Å². The predicted octanol–water partition coefficient (Wildman–Crippen LogP) is 3.72. The molecule has 0 radical (unpaired) electrons. The van der Waals surface area contributed by atoms with Crippen molar-refractivity contribution in [2.75, 3.05) is 0 Å². The zero-order valence-corrected chi connectivity index (χ0v) is 12.0. The molecule has 1 heterocycles. The molecule has 3 aromatic rings. The summed E-state index contributed by atoms with van der Waals surface area (Å²) in [6.45, 7) is 0. The number of fused-ring (bicyclic) bond motifs is 1. The number of benzene rings is 2. The third-order valence-corrected chi connectivity index (χ3v) is 3.66. The van der Waals surface area contributed by atoms with Gasteiger partial charge in [0.1, 0.15) is 5.52 Å². The number of oxazole rings is 1. The van der Waals surface area contributed by atoms with Gasteiger partial charge in [0.15, 0.2) is 11.5 Å². The highest BCUT2D eigenvalue weighted by Gasteiger charge is 2.10. The van der Waals surface area contributed by atoms with E-state index in [1.165, 1.54) is 5.56 Å². The molecule has 0 bridgehead atoms. The Balaban J connectivity index is 1.50. The SMILES string of the molecule is NC(CCCc1ccccc1)Cc1nc2ccccc2o1. The number of hydrogen-bond acceptors (Lipinski definition) is 3. The smallest absolute Gasteiger partial charge is 0.197 e. The van der Waals surface area contributed by atoms with Crippen molar-refractivity contribution in [1.82, 2.24) is 4.98 Å². The van der Waals surface area contributed by atoms with Gasteiger partial charge in [-0.3, -0.25) is 0 Å². The van der Waals surface area contributed by atoms with Gasteiger partial charge in [-0.2, -0.15) is 0 Å². The molecular formula is C18H20N2O. The van der Waals surface area contributed by atoms with Crippen LogP contribution in [0.4, 0.5) is 0 Å². The third-order valence-electron chi connectivity index (χ3n) is 3.66. The number of para-hydroxylation sites is 2. The van der Waals surface area contributed by atoms with E-state index in [0.29, 0.717) is 6.42 Å². The average molecular weight is 280 g/mol. The van der Waals surface area contributed by atoms with Gasteiger partial charge in [0.25, 0.3) is 0 Å². The number of rotatable bonds is 6. The van der Waals surface area contributed by atoms with E-state index in [9.17, 15) is 0 Å². The zero-order chi connectivity index (χ0) is 14.5. The van der Waals surface area contributed by atoms with Crippen LogP contribution in [0.3, 0.4) is 0 Å². The van der Waals surface area contributed by atoms with Crippen molar-refractivity contribution in [1.29, 1.82) is 0 Å². The van der Waals surface area contributed by atoms with E-state index >= 15 is 0 Å². The molecule has 0 aliphatic heterocycles. The molecule has 3 rings (SSSR count). The highest BCUT2D eigenvalue weighted by molar-refractivity contribution is 5.72. The first-order chi connectivity index (χ1) is 10.3. The van der Waals surface area contributed by atoms with E-state index in [1.54, 1.807) is 0 Å². The number of nitrogens with two attached hydrogens (primary N) is 1. The summed E-state index contributed by atoms with van der Waals surface area (Å²) in [4.78, 5) is 4.47. The summed E-state index contributed by atoms with van der Waals surface area (Å²) in [7, 11) is 0. The van der Waals surface area contributed by atoms with Crippen molar-refractivity contribution in [2.45, 2.75) is 31.7 Å². The summed E-state index contributed by atoms with van der Waals surface area (Å²) in [5.74, 6) is 0.739. The number of aryl methyl sites for hydroxylation is 1. The topological polar surface area (TPSA) is 52.0 Å². The second-order valence-corrected chi connectivity index (χ2v) is 5.42. The van der Waals surface area contributed by atoms with Crippen molar-refractivity contribution in [3.8, 4) is 0 Å². The van der Waals surface area contributed by atoms with E-state index in [0.717, 1.165) is 36.3 Å². The second kappa shape index (κ2) is 6.55. The predicted molar refractivity (Wildman–Crippen MR) is 85.1 cm³/mol. The molecular weight excluding hydrogens is 260 g/mol. The first kappa shape index (κ1) is 13.8. The minimum Gasteiger partial charge on any atom is -0.441 e. The molecule has 0 amide bonds. The molecule has 2 N–H and O–H groups in total.